The summed E-state index contributed by atoms with van der Waals surface area (Å²) in [5, 5.41) is 3.70. The third-order valence-electron chi connectivity index (χ3n) is 3.17. The Morgan fingerprint density at radius 3 is 3.06 bits per heavy atom. The Morgan fingerprint density at radius 1 is 1.44 bits per heavy atom. The van der Waals surface area contributed by atoms with Crippen LogP contribution in [0, 0.1) is 0 Å². The first kappa shape index (κ1) is 11.5. The summed E-state index contributed by atoms with van der Waals surface area (Å²) in [6, 6.07) is 9.41. The van der Waals surface area contributed by atoms with Crippen LogP contribution in [0.5, 0.6) is 5.75 Å². The molecule has 2 heteroatoms. The van der Waals surface area contributed by atoms with Gasteiger partial charge in [-0.1, -0.05) is 31.5 Å². The molecule has 0 fully saturated rings. The zero-order valence-electron chi connectivity index (χ0n) is 10.2. The molecule has 88 valence electrons. The average Bonchev–Trinajstić information content (AvgIpc) is 2.30. The lowest BCUT2D eigenvalue weighted by molar-refractivity contribution is 0.244. The number of benzene rings is 1. The molecule has 2 atom stereocenters. The molecule has 1 aliphatic rings. The normalized spacial score (nSPS) is 21.0. The smallest absolute Gasteiger partial charge is 0.124 e. The molecule has 0 spiro atoms. The Labute approximate surface area is 98.0 Å². The highest BCUT2D eigenvalue weighted by molar-refractivity contribution is 5.37. The van der Waals surface area contributed by atoms with Crippen molar-refractivity contribution in [2.45, 2.75) is 45.2 Å². The van der Waals surface area contributed by atoms with E-state index in [0.29, 0.717) is 12.1 Å². The van der Waals surface area contributed by atoms with Crippen molar-refractivity contribution in [3.05, 3.63) is 29.8 Å². The Hall–Kier alpha value is -1.02. The molecule has 0 amide bonds. The van der Waals surface area contributed by atoms with Crippen molar-refractivity contribution < 1.29 is 4.74 Å². The van der Waals surface area contributed by atoms with Crippen LogP contribution in [0.4, 0.5) is 0 Å². The van der Waals surface area contributed by atoms with Crippen molar-refractivity contribution >= 4 is 0 Å². The van der Waals surface area contributed by atoms with Gasteiger partial charge in [0, 0.05) is 24.1 Å². The molecule has 0 bridgehead atoms. The van der Waals surface area contributed by atoms with Crippen molar-refractivity contribution in [3.63, 3.8) is 0 Å². The fraction of sp³-hybridized carbons (Fsp3) is 0.571. The molecular weight excluding hydrogens is 198 g/mol. The highest BCUT2D eigenvalue weighted by Gasteiger charge is 2.21. The highest BCUT2D eigenvalue weighted by Crippen LogP contribution is 2.31. The summed E-state index contributed by atoms with van der Waals surface area (Å²) >= 11 is 0. The van der Waals surface area contributed by atoms with Gasteiger partial charge in [0.05, 0.1) is 6.61 Å². The molecule has 0 saturated heterocycles. The molecule has 2 nitrogen and oxygen atoms in total. The van der Waals surface area contributed by atoms with E-state index in [2.05, 4.69) is 37.4 Å². The molecule has 0 aliphatic carbocycles. The predicted octanol–water partition coefficient (Wildman–Crippen LogP) is 3.29. The molecule has 1 aromatic rings. The van der Waals surface area contributed by atoms with Gasteiger partial charge in [-0.15, -0.1) is 0 Å². The number of fused-ring (bicyclic) bond motifs is 1. The van der Waals surface area contributed by atoms with Crippen LogP contribution in [0.1, 0.15) is 44.7 Å². The first-order valence-corrected chi connectivity index (χ1v) is 6.29. The van der Waals surface area contributed by atoms with E-state index in [0.717, 1.165) is 18.8 Å². The number of ether oxygens (including phenoxy) is 1. The zero-order chi connectivity index (χ0) is 11.4. The zero-order valence-corrected chi connectivity index (χ0v) is 10.2. The van der Waals surface area contributed by atoms with E-state index in [4.69, 9.17) is 4.74 Å². The number of nitrogens with one attached hydrogen (secondary N) is 1. The summed E-state index contributed by atoms with van der Waals surface area (Å²) in [6.45, 7) is 5.32. The van der Waals surface area contributed by atoms with Gasteiger partial charge in [0.15, 0.2) is 0 Å². The van der Waals surface area contributed by atoms with Gasteiger partial charge in [-0.05, 0) is 19.4 Å². The maximum atomic E-state index is 5.66. The van der Waals surface area contributed by atoms with E-state index in [1.54, 1.807) is 0 Å². The van der Waals surface area contributed by atoms with E-state index in [-0.39, 0.29) is 0 Å². The summed E-state index contributed by atoms with van der Waals surface area (Å²) in [5.74, 6) is 1.05. The fourth-order valence-corrected chi connectivity index (χ4v) is 2.37. The molecule has 0 aromatic heterocycles. The maximum Gasteiger partial charge on any atom is 0.124 e. The van der Waals surface area contributed by atoms with Gasteiger partial charge in [0.2, 0.25) is 0 Å². The Balaban J connectivity index is 2.07. The number of rotatable bonds is 4. The topological polar surface area (TPSA) is 21.3 Å². The monoisotopic (exact) mass is 219 g/mol. The van der Waals surface area contributed by atoms with Gasteiger partial charge in [-0.3, -0.25) is 0 Å². The Bertz CT molecular complexity index is 337. The Kier molecular flexibility index (Phi) is 3.83. The van der Waals surface area contributed by atoms with Gasteiger partial charge in [0.25, 0.3) is 0 Å². The summed E-state index contributed by atoms with van der Waals surface area (Å²) in [6.07, 6.45) is 3.55. The minimum Gasteiger partial charge on any atom is -0.493 e. The van der Waals surface area contributed by atoms with E-state index >= 15 is 0 Å². The number of hydrogen-bond donors (Lipinski definition) is 1. The Morgan fingerprint density at radius 2 is 2.25 bits per heavy atom. The van der Waals surface area contributed by atoms with Gasteiger partial charge in [0.1, 0.15) is 5.75 Å². The van der Waals surface area contributed by atoms with Crippen LogP contribution in [-0.4, -0.2) is 12.6 Å². The van der Waals surface area contributed by atoms with Crippen LogP contribution in [-0.2, 0) is 0 Å². The molecule has 0 radical (unpaired) electrons. The lowest BCUT2D eigenvalue weighted by Crippen LogP contribution is -2.33. The SMILES string of the molecule is CCCC(C)NC1CCOc2ccccc21. The fourth-order valence-electron chi connectivity index (χ4n) is 2.37. The second kappa shape index (κ2) is 5.35. The molecule has 1 heterocycles. The highest BCUT2D eigenvalue weighted by atomic mass is 16.5. The van der Waals surface area contributed by atoms with Crippen LogP contribution in [0.3, 0.4) is 0 Å². The van der Waals surface area contributed by atoms with Crippen LogP contribution < -0.4 is 10.1 Å². The van der Waals surface area contributed by atoms with Crippen LogP contribution >= 0.6 is 0 Å². The van der Waals surface area contributed by atoms with Gasteiger partial charge in [-0.25, -0.2) is 0 Å². The third-order valence-corrected chi connectivity index (χ3v) is 3.17. The first-order valence-electron chi connectivity index (χ1n) is 6.29. The van der Waals surface area contributed by atoms with Gasteiger partial charge in [-0.2, -0.15) is 0 Å². The second-order valence-corrected chi connectivity index (χ2v) is 4.58. The number of para-hydroxylation sites is 1. The molecule has 1 aliphatic heterocycles. The van der Waals surface area contributed by atoms with Crippen molar-refractivity contribution in [2.75, 3.05) is 6.61 Å². The van der Waals surface area contributed by atoms with E-state index in [9.17, 15) is 0 Å². The summed E-state index contributed by atoms with van der Waals surface area (Å²) < 4.78 is 5.66. The summed E-state index contributed by atoms with van der Waals surface area (Å²) in [7, 11) is 0. The lowest BCUT2D eigenvalue weighted by Gasteiger charge is -2.29. The molecule has 0 saturated carbocycles. The maximum absolute atomic E-state index is 5.66. The van der Waals surface area contributed by atoms with E-state index < -0.39 is 0 Å². The predicted molar refractivity (Wildman–Crippen MR) is 66.8 cm³/mol. The lowest BCUT2D eigenvalue weighted by atomic mass is 9.99. The van der Waals surface area contributed by atoms with Gasteiger partial charge < -0.3 is 10.1 Å². The average molecular weight is 219 g/mol. The molecule has 2 rings (SSSR count). The molecule has 2 unspecified atom stereocenters. The van der Waals surface area contributed by atoms with E-state index in [1.807, 2.05) is 6.07 Å². The number of hydrogen-bond acceptors (Lipinski definition) is 2. The van der Waals surface area contributed by atoms with Crippen molar-refractivity contribution in [2.24, 2.45) is 0 Å². The van der Waals surface area contributed by atoms with Crippen LogP contribution in [0.15, 0.2) is 24.3 Å². The van der Waals surface area contributed by atoms with Crippen molar-refractivity contribution in [1.29, 1.82) is 0 Å². The summed E-state index contributed by atoms with van der Waals surface area (Å²) in [5.41, 5.74) is 1.32. The minimum atomic E-state index is 0.464. The standard InChI is InChI=1S/C14H21NO/c1-3-6-11(2)15-13-9-10-16-14-8-5-4-7-12(13)14/h4-5,7-8,11,13,15H,3,6,9-10H2,1-2H3. The minimum absolute atomic E-state index is 0.464. The van der Waals surface area contributed by atoms with Crippen LogP contribution in [0.25, 0.3) is 0 Å². The quantitative estimate of drug-likeness (QED) is 0.839. The second-order valence-electron chi connectivity index (χ2n) is 4.58. The molecule has 16 heavy (non-hydrogen) atoms. The van der Waals surface area contributed by atoms with E-state index in [1.165, 1.54) is 18.4 Å². The molecular formula is C14H21NO. The van der Waals surface area contributed by atoms with Crippen molar-refractivity contribution in [3.8, 4) is 5.75 Å². The van der Waals surface area contributed by atoms with Gasteiger partial charge >= 0.3 is 0 Å². The largest absolute Gasteiger partial charge is 0.493 e. The summed E-state index contributed by atoms with van der Waals surface area (Å²) in [4.78, 5) is 0. The third kappa shape index (κ3) is 2.56. The molecule has 1 aromatic carbocycles. The van der Waals surface area contributed by atoms with Crippen molar-refractivity contribution in [1.82, 2.24) is 5.32 Å². The van der Waals surface area contributed by atoms with Crippen LogP contribution in [0.2, 0.25) is 0 Å². The molecule has 1 N–H and O–H groups in total. The first-order chi connectivity index (χ1) is 7.81.